The largest absolute Gasteiger partial charge is 0.486 e. The number of ether oxygens (including phenoxy) is 2. The van der Waals surface area contributed by atoms with Gasteiger partial charge in [0.1, 0.15) is 13.2 Å². The van der Waals surface area contributed by atoms with E-state index in [1.54, 1.807) is 24.3 Å². The predicted octanol–water partition coefficient (Wildman–Crippen LogP) is 4.63. The Balaban J connectivity index is 1.91. The molecule has 0 spiro atoms. The standard InChI is InChI=1S/C15H11F3O2S/c16-15(17,18)11-3-1-2-4-14(11)21-10-5-6-12-13(9-10)20-8-7-19-12/h1-6,9H,7-8H2. The van der Waals surface area contributed by atoms with E-state index in [0.29, 0.717) is 29.6 Å². The topological polar surface area (TPSA) is 18.5 Å². The Morgan fingerprint density at radius 1 is 0.905 bits per heavy atom. The van der Waals surface area contributed by atoms with Crippen molar-refractivity contribution in [3.63, 3.8) is 0 Å². The van der Waals surface area contributed by atoms with Gasteiger partial charge in [0, 0.05) is 9.79 Å². The highest BCUT2D eigenvalue weighted by Gasteiger charge is 2.33. The van der Waals surface area contributed by atoms with Crippen LogP contribution < -0.4 is 9.47 Å². The summed E-state index contributed by atoms with van der Waals surface area (Å²) < 4.78 is 49.7. The molecule has 0 unspecified atom stereocenters. The number of hydrogen-bond donors (Lipinski definition) is 0. The Morgan fingerprint density at radius 3 is 2.38 bits per heavy atom. The summed E-state index contributed by atoms with van der Waals surface area (Å²) in [6.45, 7) is 0.927. The zero-order chi connectivity index (χ0) is 14.9. The average molecular weight is 312 g/mol. The molecule has 0 aliphatic carbocycles. The number of halogens is 3. The maximum Gasteiger partial charge on any atom is 0.417 e. The molecule has 0 saturated carbocycles. The molecule has 1 heterocycles. The van der Waals surface area contributed by atoms with Gasteiger partial charge in [-0.1, -0.05) is 23.9 Å². The van der Waals surface area contributed by atoms with Crippen molar-refractivity contribution in [1.82, 2.24) is 0 Å². The van der Waals surface area contributed by atoms with E-state index in [9.17, 15) is 13.2 Å². The lowest BCUT2D eigenvalue weighted by Crippen LogP contribution is -2.15. The van der Waals surface area contributed by atoms with Crippen LogP contribution in [0.4, 0.5) is 13.2 Å². The molecule has 2 aromatic rings. The lowest BCUT2D eigenvalue weighted by atomic mass is 10.2. The first kappa shape index (κ1) is 14.1. The van der Waals surface area contributed by atoms with E-state index in [2.05, 4.69) is 0 Å². The summed E-state index contributed by atoms with van der Waals surface area (Å²) in [7, 11) is 0. The van der Waals surface area contributed by atoms with E-state index < -0.39 is 11.7 Å². The third-order valence-corrected chi connectivity index (χ3v) is 4.00. The second-order valence-corrected chi connectivity index (χ2v) is 5.52. The fraction of sp³-hybridized carbons (Fsp3) is 0.200. The van der Waals surface area contributed by atoms with Crippen LogP contribution in [0.3, 0.4) is 0 Å². The normalized spacial score (nSPS) is 14.0. The summed E-state index contributed by atoms with van der Waals surface area (Å²) in [6.07, 6.45) is -4.36. The summed E-state index contributed by atoms with van der Waals surface area (Å²) in [5, 5.41) is 0. The minimum Gasteiger partial charge on any atom is -0.486 e. The molecule has 1 aliphatic rings. The monoisotopic (exact) mass is 312 g/mol. The molecule has 2 aromatic carbocycles. The van der Waals surface area contributed by atoms with Gasteiger partial charge in [-0.2, -0.15) is 13.2 Å². The van der Waals surface area contributed by atoms with Gasteiger partial charge in [-0.3, -0.25) is 0 Å². The van der Waals surface area contributed by atoms with Crippen LogP contribution in [0.2, 0.25) is 0 Å². The van der Waals surface area contributed by atoms with E-state index in [0.717, 1.165) is 17.8 Å². The van der Waals surface area contributed by atoms with Crippen molar-refractivity contribution in [3.05, 3.63) is 48.0 Å². The van der Waals surface area contributed by atoms with Gasteiger partial charge in [-0.25, -0.2) is 0 Å². The summed E-state index contributed by atoms with van der Waals surface area (Å²) in [6, 6.07) is 10.7. The summed E-state index contributed by atoms with van der Waals surface area (Å²) in [5.74, 6) is 1.19. The lowest BCUT2D eigenvalue weighted by Gasteiger charge is -2.19. The third-order valence-electron chi connectivity index (χ3n) is 2.93. The van der Waals surface area contributed by atoms with Crippen LogP contribution in [0.25, 0.3) is 0 Å². The number of fused-ring (bicyclic) bond motifs is 1. The molecule has 110 valence electrons. The van der Waals surface area contributed by atoms with Crippen LogP contribution in [0, 0.1) is 0 Å². The molecule has 0 radical (unpaired) electrons. The molecule has 2 nitrogen and oxygen atoms in total. The molecule has 1 aliphatic heterocycles. The molecule has 6 heteroatoms. The Kier molecular flexibility index (Phi) is 3.71. The van der Waals surface area contributed by atoms with Crippen molar-refractivity contribution < 1.29 is 22.6 Å². The average Bonchev–Trinajstić information content (AvgIpc) is 2.46. The van der Waals surface area contributed by atoms with E-state index in [1.807, 2.05) is 0 Å². The zero-order valence-corrected chi connectivity index (χ0v) is 11.6. The van der Waals surface area contributed by atoms with Gasteiger partial charge >= 0.3 is 6.18 Å². The second-order valence-electron chi connectivity index (χ2n) is 4.40. The molecule has 0 saturated heterocycles. The Labute approximate surface area is 123 Å². The summed E-state index contributed by atoms with van der Waals surface area (Å²) >= 11 is 1.06. The highest BCUT2D eigenvalue weighted by Crippen LogP contribution is 2.41. The van der Waals surface area contributed by atoms with Crippen molar-refractivity contribution >= 4 is 11.8 Å². The van der Waals surface area contributed by atoms with Crippen LogP contribution >= 0.6 is 11.8 Å². The van der Waals surface area contributed by atoms with Crippen LogP contribution in [0.1, 0.15) is 5.56 Å². The van der Waals surface area contributed by atoms with Crippen LogP contribution in [-0.4, -0.2) is 13.2 Å². The van der Waals surface area contributed by atoms with Gasteiger partial charge in [-0.15, -0.1) is 0 Å². The van der Waals surface area contributed by atoms with Crippen LogP contribution in [0.15, 0.2) is 52.3 Å². The number of rotatable bonds is 2. The Bertz CT molecular complexity index is 656. The van der Waals surface area contributed by atoms with Gasteiger partial charge in [0.05, 0.1) is 5.56 Å². The van der Waals surface area contributed by atoms with Crippen molar-refractivity contribution in [1.29, 1.82) is 0 Å². The molecule has 0 aromatic heterocycles. The highest BCUT2D eigenvalue weighted by atomic mass is 32.2. The van der Waals surface area contributed by atoms with Gasteiger partial charge in [0.25, 0.3) is 0 Å². The molecule has 21 heavy (non-hydrogen) atoms. The number of benzene rings is 2. The minimum atomic E-state index is -4.36. The second kappa shape index (κ2) is 5.52. The number of hydrogen-bond acceptors (Lipinski definition) is 3. The van der Waals surface area contributed by atoms with Gasteiger partial charge < -0.3 is 9.47 Å². The molecular formula is C15H11F3O2S. The first-order chi connectivity index (χ1) is 10.0. The molecule has 0 bridgehead atoms. The summed E-state index contributed by atoms with van der Waals surface area (Å²) in [4.78, 5) is 0.845. The SMILES string of the molecule is FC(F)(F)c1ccccc1Sc1ccc2c(c1)OCCO2. The van der Waals surface area contributed by atoms with Gasteiger partial charge in [0.15, 0.2) is 11.5 Å². The van der Waals surface area contributed by atoms with Crippen molar-refractivity contribution in [2.75, 3.05) is 13.2 Å². The molecule has 0 N–H and O–H groups in total. The third kappa shape index (κ3) is 3.10. The van der Waals surface area contributed by atoms with E-state index in [-0.39, 0.29) is 4.90 Å². The smallest absolute Gasteiger partial charge is 0.417 e. The van der Waals surface area contributed by atoms with Gasteiger partial charge in [-0.05, 0) is 30.3 Å². The molecule has 0 amide bonds. The van der Waals surface area contributed by atoms with E-state index >= 15 is 0 Å². The van der Waals surface area contributed by atoms with Crippen LogP contribution in [-0.2, 0) is 6.18 Å². The van der Waals surface area contributed by atoms with E-state index in [4.69, 9.17) is 9.47 Å². The first-order valence-electron chi connectivity index (χ1n) is 6.28. The van der Waals surface area contributed by atoms with E-state index in [1.165, 1.54) is 12.1 Å². The maximum atomic E-state index is 13.0. The maximum absolute atomic E-state index is 13.0. The molecular weight excluding hydrogens is 301 g/mol. The fourth-order valence-corrected chi connectivity index (χ4v) is 3.00. The molecule has 0 atom stereocenters. The van der Waals surface area contributed by atoms with Crippen LogP contribution in [0.5, 0.6) is 11.5 Å². The zero-order valence-electron chi connectivity index (χ0n) is 10.8. The Morgan fingerprint density at radius 2 is 1.62 bits per heavy atom. The van der Waals surface area contributed by atoms with Gasteiger partial charge in [0.2, 0.25) is 0 Å². The predicted molar refractivity (Wildman–Crippen MR) is 73.0 cm³/mol. The minimum absolute atomic E-state index is 0.168. The lowest BCUT2D eigenvalue weighted by molar-refractivity contribution is -0.139. The fourth-order valence-electron chi connectivity index (χ4n) is 2.00. The molecule has 3 rings (SSSR count). The molecule has 0 fully saturated rings. The van der Waals surface area contributed by atoms with Crippen molar-refractivity contribution in [3.8, 4) is 11.5 Å². The summed E-state index contributed by atoms with van der Waals surface area (Å²) in [5.41, 5.74) is -0.634. The van der Waals surface area contributed by atoms with Crippen molar-refractivity contribution in [2.24, 2.45) is 0 Å². The van der Waals surface area contributed by atoms with Crippen molar-refractivity contribution in [2.45, 2.75) is 16.0 Å². The number of alkyl halides is 3. The quantitative estimate of drug-likeness (QED) is 0.805. The Hall–Kier alpha value is -1.82. The first-order valence-corrected chi connectivity index (χ1v) is 7.09. The highest BCUT2D eigenvalue weighted by molar-refractivity contribution is 7.99.